The Hall–Kier alpha value is -1.65. The number of carbonyl (C=O) groups excluding carboxylic acids is 1. The maximum atomic E-state index is 12.1. The highest BCUT2D eigenvalue weighted by atomic mass is 32.1. The fraction of sp³-hybridized carbons (Fsp3) is 0.267. The Balaban J connectivity index is 1.60. The summed E-state index contributed by atoms with van der Waals surface area (Å²) in [6, 6.07) is 12.2. The lowest BCUT2D eigenvalue weighted by atomic mass is 9.95. The van der Waals surface area contributed by atoms with Gasteiger partial charge in [0.05, 0.1) is 12.6 Å². The normalized spacial score (nSPS) is 17.8. The molecule has 0 saturated heterocycles. The van der Waals surface area contributed by atoms with Gasteiger partial charge in [0, 0.05) is 11.4 Å². The molecule has 2 N–H and O–H groups in total. The van der Waals surface area contributed by atoms with Crippen molar-refractivity contribution in [1.82, 2.24) is 10.6 Å². The highest BCUT2D eigenvalue weighted by molar-refractivity contribution is 7.09. The molecule has 98 valence electrons. The van der Waals surface area contributed by atoms with Crippen LogP contribution in [0.3, 0.4) is 0 Å². The predicted octanol–water partition coefficient (Wildman–Crippen LogP) is 2.08. The summed E-state index contributed by atoms with van der Waals surface area (Å²) in [4.78, 5) is 13.3. The van der Waals surface area contributed by atoms with Gasteiger partial charge in [-0.05, 0) is 29.0 Å². The van der Waals surface area contributed by atoms with Gasteiger partial charge in [-0.3, -0.25) is 4.79 Å². The van der Waals surface area contributed by atoms with Crippen molar-refractivity contribution < 1.29 is 4.79 Å². The van der Waals surface area contributed by atoms with Crippen LogP contribution in [-0.2, 0) is 24.3 Å². The third-order valence-corrected chi connectivity index (χ3v) is 4.29. The van der Waals surface area contributed by atoms with Crippen molar-refractivity contribution in [3.63, 3.8) is 0 Å². The van der Waals surface area contributed by atoms with Crippen molar-refractivity contribution in [2.45, 2.75) is 25.6 Å². The van der Waals surface area contributed by atoms with E-state index in [1.54, 1.807) is 11.3 Å². The van der Waals surface area contributed by atoms with Gasteiger partial charge in [0.2, 0.25) is 5.91 Å². The van der Waals surface area contributed by atoms with Crippen LogP contribution in [0.5, 0.6) is 0 Å². The van der Waals surface area contributed by atoms with Gasteiger partial charge in [0.25, 0.3) is 0 Å². The molecular weight excluding hydrogens is 256 g/mol. The van der Waals surface area contributed by atoms with Crippen LogP contribution in [0.15, 0.2) is 41.8 Å². The van der Waals surface area contributed by atoms with Gasteiger partial charge in [0.1, 0.15) is 0 Å². The van der Waals surface area contributed by atoms with Crippen LogP contribution in [-0.4, -0.2) is 11.9 Å². The van der Waals surface area contributed by atoms with E-state index < -0.39 is 0 Å². The summed E-state index contributed by atoms with van der Waals surface area (Å²) in [5, 5.41) is 8.32. The lowest BCUT2D eigenvalue weighted by Gasteiger charge is -2.25. The maximum absolute atomic E-state index is 12.1. The molecule has 1 aromatic heterocycles. The van der Waals surface area contributed by atoms with Crippen molar-refractivity contribution in [2.24, 2.45) is 0 Å². The van der Waals surface area contributed by atoms with E-state index in [1.807, 2.05) is 29.6 Å². The minimum atomic E-state index is -0.116. The Labute approximate surface area is 116 Å². The number of carbonyl (C=O) groups is 1. The van der Waals surface area contributed by atoms with Crippen molar-refractivity contribution in [2.75, 3.05) is 0 Å². The second-order valence-corrected chi connectivity index (χ2v) is 5.74. The quantitative estimate of drug-likeness (QED) is 0.898. The van der Waals surface area contributed by atoms with Gasteiger partial charge in [-0.15, -0.1) is 11.3 Å². The number of thiophene rings is 1. The van der Waals surface area contributed by atoms with Crippen molar-refractivity contribution in [1.29, 1.82) is 0 Å². The number of hydrogen-bond acceptors (Lipinski definition) is 3. The Kier molecular flexibility index (Phi) is 3.62. The fourth-order valence-electron chi connectivity index (χ4n) is 2.35. The van der Waals surface area contributed by atoms with Crippen LogP contribution in [0.4, 0.5) is 0 Å². The first kappa shape index (κ1) is 12.4. The molecule has 1 aliphatic rings. The molecule has 0 aliphatic carbocycles. The van der Waals surface area contributed by atoms with Gasteiger partial charge < -0.3 is 10.6 Å². The zero-order valence-electron chi connectivity index (χ0n) is 10.6. The van der Waals surface area contributed by atoms with Crippen LogP contribution in [0.2, 0.25) is 0 Å². The number of fused-ring (bicyclic) bond motifs is 1. The first-order chi connectivity index (χ1) is 9.33. The van der Waals surface area contributed by atoms with E-state index >= 15 is 0 Å². The van der Waals surface area contributed by atoms with Gasteiger partial charge in [-0.1, -0.05) is 30.3 Å². The van der Waals surface area contributed by atoms with Crippen LogP contribution in [0.1, 0.15) is 16.0 Å². The molecule has 1 atom stereocenters. The van der Waals surface area contributed by atoms with Crippen LogP contribution >= 0.6 is 11.3 Å². The highest BCUT2D eigenvalue weighted by Crippen LogP contribution is 2.16. The molecular formula is C15H16N2OS. The molecule has 1 aliphatic heterocycles. The van der Waals surface area contributed by atoms with E-state index in [0.29, 0.717) is 6.54 Å². The van der Waals surface area contributed by atoms with Gasteiger partial charge in [-0.2, -0.15) is 0 Å². The van der Waals surface area contributed by atoms with E-state index in [2.05, 4.69) is 22.8 Å². The van der Waals surface area contributed by atoms with Crippen LogP contribution < -0.4 is 10.6 Å². The largest absolute Gasteiger partial charge is 0.350 e. The maximum Gasteiger partial charge on any atom is 0.237 e. The van der Waals surface area contributed by atoms with E-state index in [0.717, 1.165) is 13.0 Å². The number of nitrogens with one attached hydrogen (secondary N) is 2. The molecule has 2 aromatic rings. The third kappa shape index (κ3) is 2.85. The molecule has 0 spiro atoms. The minimum Gasteiger partial charge on any atom is -0.350 e. The molecule has 4 heteroatoms. The Morgan fingerprint density at radius 1 is 1.26 bits per heavy atom. The van der Waals surface area contributed by atoms with E-state index in [9.17, 15) is 4.79 Å². The Bertz CT molecular complexity index is 565. The molecule has 2 heterocycles. The Morgan fingerprint density at radius 3 is 2.89 bits per heavy atom. The lowest BCUT2D eigenvalue weighted by Crippen LogP contribution is -2.47. The molecule has 0 bridgehead atoms. The lowest BCUT2D eigenvalue weighted by molar-refractivity contribution is -0.123. The summed E-state index contributed by atoms with van der Waals surface area (Å²) in [6.07, 6.45) is 0.770. The van der Waals surface area contributed by atoms with E-state index in [1.165, 1.54) is 16.0 Å². The van der Waals surface area contributed by atoms with Gasteiger partial charge >= 0.3 is 0 Å². The number of amides is 1. The number of benzene rings is 1. The summed E-state index contributed by atoms with van der Waals surface area (Å²) < 4.78 is 0. The van der Waals surface area contributed by atoms with Crippen LogP contribution in [0.25, 0.3) is 0 Å². The summed E-state index contributed by atoms with van der Waals surface area (Å²) in [7, 11) is 0. The smallest absolute Gasteiger partial charge is 0.237 e. The third-order valence-electron chi connectivity index (χ3n) is 3.41. The first-order valence-corrected chi connectivity index (χ1v) is 7.31. The average Bonchev–Trinajstić information content (AvgIpc) is 2.97. The number of hydrogen-bond donors (Lipinski definition) is 2. The van der Waals surface area contributed by atoms with E-state index in [-0.39, 0.29) is 11.9 Å². The molecule has 0 radical (unpaired) electrons. The van der Waals surface area contributed by atoms with Crippen molar-refractivity contribution >= 4 is 17.2 Å². The molecule has 19 heavy (non-hydrogen) atoms. The monoisotopic (exact) mass is 272 g/mol. The van der Waals surface area contributed by atoms with Gasteiger partial charge in [0.15, 0.2) is 0 Å². The summed E-state index contributed by atoms with van der Waals surface area (Å²) in [5.41, 5.74) is 2.57. The number of rotatable bonds is 3. The molecule has 3 nitrogen and oxygen atoms in total. The second-order valence-electron chi connectivity index (χ2n) is 4.70. The predicted molar refractivity (Wildman–Crippen MR) is 76.9 cm³/mol. The SMILES string of the molecule is O=C(NCc1cccs1)C1Cc2ccccc2CN1. The van der Waals surface area contributed by atoms with Crippen molar-refractivity contribution in [3.8, 4) is 0 Å². The zero-order valence-corrected chi connectivity index (χ0v) is 11.4. The molecule has 0 fully saturated rings. The zero-order chi connectivity index (χ0) is 13.1. The molecule has 1 aromatic carbocycles. The molecule has 0 saturated carbocycles. The summed E-state index contributed by atoms with van der Waals surface area (Å²) in [6.45, 7) is 1.39. The van der Waals surface area contributed by atoms with Gasteiger partial charge in [-0.25, -0.2) is 0 Å². The topological polar surface area (TPSA) is 41.1 Å². The molecule has 1 amide bonds. The highest BCUT2D eigenvalue weighted by Gasteiger charge is 2.23. The standard InChI is InChI=1S/C15H16N2OS/c18-15(17-10-13-6-3-7-19-13)14-8-11-4-1-2-5-12(11)9-16-14/h1-7,14,16H,8-10H2,(H,17,18). The first-order valence-electron chi connectivity index (χ1n) is 6.43. The minimum absolute atomic E-state index is 0.0860. The summed E-state index contributed by atoms with van der Waals surface area (Å²) in [5.74, 6) is 0.0860. The summed E-state index contributed by atoms with van der Waals surface area (Å²) >= 11 is 1.67. The van der Waals surface area contributed by atoms with Crippen LogP contribution in [0, 0.1) is 0 Å². The average molecular weight is 272 g/mol. The molecule has 3 rings (SSSR count). The second kappa shape index (κ2) is 5.55. The fourth-order valence-corrected chi connectivity index (χ4v) is 2.99. The molecule has 1 unspecified atom stereocenters. The van der Waals surface area contributed by atoms with E-state index in [4.69, 9.17) is 0 Å². The van der Waals surface area contributed by atoms with Crippen molar-refractivity contribution in [3.05, 3.63) is 57.8 Å². The Morgan fingerprint density at radius 2 is 2.11 bits per heavy atom.